The van der Waals surface area contributed by atoms with Crippen LogP contribution in [0.3, 0.4) is 0 Å². The molecule has 1 aliphatic heterocycles. The van der Waals surface area contributed by atoms with E-state index in [1.807, 2.05) is 30.9 Å². The molecule has 0 bridgehead atoms. The summed E-state index contributed by atoms with van der Waals surface area (Å²) in [5, 5.41) is 3.60. The number of halogens is 1. The lowest BCUT2D eigenvalue weighted by Gasteiger charge is -2.36. The topological polar surface area (TPSA) is 81.3 Å². The third-order valence-electron chi connectivity index (χ3n) is 5.86. The average Bonchev–Trinajstić information content (AvgIpc) is 2.79. The van der Waals surface area contributed by atoms with Gasteiger partial charge >= 0.3 is 6.03 Å². The van der Waals surface area contributed by atoms with E-state index in [0.29, 0.717) is 35.5 Å². The Morgan fingerprint density at radius 1 is 1.31 bits per heavy atom. The molecule has 4 rings (SSSR count). The van der Waals surface area contributed by atoms with Crippen molar-refractivity contribution in [2.75, 3.05) is 24.5 Å². The van der Waals surface area contributed by atoms with Crippen molar-refractivity contribution < 1.29 is 9.18 Å². The van der Waals surface area contributed by atoms with Crippen LogP contribution in [0.15, 0.2) is 47.3 Å². The minimum absolute atomic E-state index is 0.0891. The van der Waals surface area contributed by atoms with Crippen molar-refractivity contribution in [1.82, 2.24) is 20.2 Å². The van der Waals surface area contributed by atoms with E-state index in [-0.39, 0.29) is 30.0 Å². The van der Waals surface area contributed by atoms with Crippen LogP contribution in [0, 0.1) is 12.7 Å². The van der Waals surface area contributed by atoms with Crippen LogP contribution in [0.25, 0.3) is 10.9 Å². The van der Waals surface area contributed by atoms with Gasteiger partial charge in [0.2, 0.25) is 0 Å². The number of H-pyrrole nitrogens is 1. The summed E-state index contributed by atoms with van der Waals surface area (Å²) in [6, 6.07) is 11.9. The van der Waals surface area contributed by atoms with Crippen LogP contribution in [0.5, 0.6) is 0 Å². The van der Waals surface area contributed by atoms with Gasteiger partial charge in [-0.1, -0.05) is 18.2 Å². The van der Waals surface area contributed by atoms with Gasteiger partial charge in [-0.05, 0) is 56.5 Å². The molecule has 3 aromatic rings. The van der Waals surface area contributed by atoms with Gasteiger partial charge in [0.15, 0.2) is 0 Å². The number of aryl methyl sites for hydroxylation is 1. The highest BCUT2D eigenvalue weighted by molar-refractivity contribution is 5.77. The van der Waals surface area contributed by atoms with E-state index in [4.69, 9.17) is 0 Å². The molecule has 1 aromatic heterocycles. The van der Waals surface area contributed by atoms with Gasteiger partial charge in [0.25, 0.3) is 5.56 Å². The number of hydrogen-bond donors (Lipinski definition) is 2. The van der Waals surface area contributed by atoms with Crippen LogP contribution in [0.1, 0.15) is 31.2 Å². The molecule has 7 nitrogen and oxygen atoms in total. The number of anilines is 1. The summed E-state index contributed by atoms with van der Waals surface area (Å²) >= 11 is 0. The molecule has 1 unspecified atom stereocenters. The van der Waals surface area contributed by atoms with Gasteiger partial charge in [0.05, 0.1) is 23.1 Å². The summed E-state index contributed by atoms with van der Waals surface area (Å²) in [7, 11) is 0. The van der Waals surface area contributed by atoms with E-state index in [2.05, 4.69) is 15.3 Å². The molecule has 2 heterocycles. The Morgan fingerprint density at radius 2 is 2.12 bits per heavy atom. The predicted octanol–water partition coefficient (Wildman–Crippen LogP) is 3.57. The Kier molecular flexibility index (Phi) is 6.39. The molecule has 1 fully saturated rings. The maximum atomic E-state index is 14.3. The number of benzene rings is 2. The fraction of sp³-hybridized carbons (Fsp3) is 0.375. The molecule has 0 saturated carbocycles. The highest BCUT2D eigenvalue weighted by atomic mass is 19.1. The first-order chi connectivity index (χ1) is 15.4. The highest BCUT2D eigenvalue weighted by Crippen LogP contribution is 2.24. The molecule has 2 aromatic carbocycles. The summed E-state index contributed by atoms with van der Waals surface area (Å²) in [5.74, 6) is 0.196. The molecular weight excluding hydrogens is 409 g/mol. The quantitative estimate of drug-likeness (QED) is 0.639. The molecule has 2 N–H and O–H groups in total. The van der Waals surface area contributed by atoms with Crippen molar-refractivity contribution in [1.29, 1.82) is 0 Å². The number of amides is 2. The van der Waals surface area contributed by atoms with Gasteiger partial charge in [-0.3, -0.25) is 4.79 Å². The third-order valence-corrected chi connectivity index (χ3v) is 5.86. The van der Waals surface area contributed by atoms with Crippen LogP contribution in [0.4, 0.5) is 14.9 Å². The lowest BCUT2D eigenvalue weighted by Crippen LogP contribution is -2.51. The van der Waals surface area contributed by atoms with E-state index in [1.165, 1.54) is 6.07 Å². The second-order valence-electron chi connectivity index (χ2n) is 8.23. The van der Waals surface area contributed by atoms with Crippen molar-refractivity contribution in [2.45, 2.75) is 39.3 Å². The van der Waals surface area contributed by atoms with Crippen molar-refractivity contribution in [3.63, 3.8) is 0 Å². The summed E-state index contributed by atoms with van der Waals surface area (Å²) in [6.07, 6.45) is 1.70. The molecule has 32 heavy (non-hydrogen) atoms. The SMILES string of the molecule is CCN(Cc1nc2ccccc2c(=O)[nH]1)C(=O)NC1CCCN(c2cc(C)ccc2F)C1. The summed E-state index contributed by atoms with van der Waals surface area (Å²) in [4.78, 5) is 36.2. The van der Waals surface area contributed by atoms with Crippen LogP contribution in [-0.4, -0.2) is 46.6 Å². The standard InChI is InChI=1S/C24H28FN5O2/c1-3-29(15-22-27-20-9-5-4-8-18(20)23(31)28-22)24(32)26-17-7-6-12-30(14-17)21-13-16(2)10-11-19(21)25/h4-5,8-11,13,17H,3,6-7,12,14-15H2,1-2H3,(H,26,32)(H,27,28,31). The first-order valence-electron chi connectivity index (χ1n) is 11.0. The van der Waals surface area contributed by atoms with Gasteiger partial charge in [-0.2, -0.15) is 0 Å². The van der Waals surface area contributed by atoms with Gasteiger partial charge in [0.1, 0.15) is 11.6 Å². The Balaban J connectivity index is 1.44. The first-order valence-corrected chi connectivity index (χ1v) is 11.0. The fourth-order valence-corrected chi connectivity index (χ4v) is 4.16. The van der Waals surface area contributed by atoms with Crippen molar-refractivity contribution in [3.8, 4) is 0 Å². The van der Waals surface area contributed by atoms with E-state index in [1.54, 1.807) is 29.2 Å². The molecule has 1 aliphatic rings. The number of hydrogen-bond acceptors (Lipinski definition) is 4. The number of nitrogens with zero attached hydrogens (tertiary/aromatic N) is 3. The smallest absolute Gasteiger partial charge is 0.318 e. The average molecular weight is 438 g/mol. The molecule has 8 heteroatoms. The van der Waals surface area contributed by atoms with Gasteiger partial charge in [-0.25, -0.2) is 14.2 Å². The zero-order valence-electron chi connectivity index (χ0n) is 18.4. The Labute approximate surface area is 186 Å². The van der Waals surface area contributed by atoms with E-state index >= 15 is 0 Å². The molecule has 168 valence electrons. The number of para-hydroxylation sites is 1. The van der Waals surface area contributed by atoms with Crippen LogP contribution >= 0.6 is 0 Å². The number of aromatic amines is 1. The zero-order chi connectivity index (χ0) is 22.7. The number of nitrogens with one attached hydrogen (secondary N) is 2. The minimum atomic E-state index is -0.246. The largest absolute Gasteiger partial charge is 0.367 e. The number of urea groups is 1. The second kappa shape index (κ2) is 9.38. The monoisotopic (exact) mass is 437 g/mol. The fourth-order valence-electron chi connectivity index (χ4n) is 4.16. The normalized spacial score (nSPS) is 16.2. The molecule has 0 spiro atoms. The van der Waals surface area contributed by atoms with Gasteiger partial charge in [0, 0.05) is 25.7 Å². The number of rotatable bonds is 5. The number of carbonyl (C=O) groups excluding carboxylic acids is 1. The molecule has 2 amide bonds. The zero-order valence-corrected chi connectivity index (χ0v) is 18.4. The lowest BCUT2D eigenvalue weighted by atomic mass is 10.0. The van der Waals surface area contributed by atoms with Crippen molar-refractivity contribution >= 4 is 22.6 Å². The Bertz CT molecular complexity index is 1180. The Hall–Kier alpha value is -3.42. The van der Waals surface area contributed by atoms with Crippen molar-refractivity contribution in [2.24, 2.45) is 0 Å². The van der Waals surface area contributed by atoms with Crippen LogP contribution in [0.2, 0.25) is 0 Å². The molecular formula is C24H28FN5O2. The number of carbonyl (C=O) groups is 1. The summed E-state index contributed by atoms with van der Waals surface area (Å²) < 4.78 is 14.3. The molecule has 1 atom stereocenters. The summed E-state index contributed by atoms with van der Waals surface area (Å²) in [6.45, 7) is 5.79. The van der Waals surface area contributed by atoms with Crippen molar-refractivity contribution in [3.05, 3.63) is 70.0 Å². The minimum Gasteiger partial charge on any atom is -0.367 e. The molecule has 0 radical (unpaired) electrons. The Morgan fingerprint density at radius 3 is 2.94 bits per heavy atom. The van der Waals surface area contributed by atoms with Gasteiger partial charge in [-0.15, -0.1) is 0 Å². The van der Waals surface area contributed by atoms with Crippen LogP contribution in [-0.2, 0) is 6.54 Å². The second-order valence-corrected chi connectivity index (χ2v) is 8.23. The molecule has 0 aliphatic carbocycles. The number of aromatic nitrogens is 2. The predicted molar refractivity (Wildman–Crippen MR) is 123 cm³/mol. The van der Waals surface area contributed by atoms with Crippen LogP contribution < -0.4 is 15.8 Å². The number of piperidine rings is 1. The maximum absolute atomic E-state index is 14.3. The molecule has 1 saturated heterocycles. The maximum Gasteiger partial charge on any atom is 0.318 e. The van der Waals surface area contributed by atoms with E-state index in [9.17, 15) is 14.0 Å². The van der Waals surface area contributed by atoms with E-state index < -0.39 is 0 Å². The highest BCUT2D eigenvalue weighted by Gasteiger charge is 2.25. The summed E-state index contributed by atoms with van der Waals surface area (Å²) in [5.41, 5.74) is 1.96. The number of fused-ring (bicyclic) bond motifs is 1. The first kappa shape index (κ1) is 21.8. The lowest BCUT2D eigenvalue weighted by molar-refractivity contribution is 0.191. The van der Waals surface area contributed by atoms with E-state index in [0.717, 1.165) is 24.9 Å². The van der Waals surface area contributed by atoms with Gasteiger partial charge < -0.3 is 20.1 Å². The third kappa shape index (κ3) is 4.74.